The summed E-state index contributed by atoms with van der Waals surface area (Å²) in [5.74, 6) is 0.723. The monoisotopic (exact) mass is 285 g/mol. The van der Waals surface area contributed by atoms with Crippen LogP contribution in [0.5, 0.6) is 0 Å². The zero-order chi connectivity index (χ0) is 13.0. The van der Waals surface area contributed by atoms with E-state index in [4.69, 9.17) is 23.2 Å². The first kappa shape index (κ1) is 14.2. The van der Waals surface area contributed by atoms with Gasteiger partial charge in [0, 0.05) is 6.04 Å². The number of rotatable bonds is 3. The summed E-state index contributed by atoms with van der Waals surface area (Å²) in [4.78, 5) is 0. The molecule has 1 aliphatic carbocycles. The molecule has 1 fully saturated rings. The van der Waals surface area contributed by atoms with Gasteiger partial charge in [0.25, 0.3) is 0 Å². The first-order valence-electron chi connectivity index (χ1n) is 6.81. The van der Waals surface area contributed by atoms with Crippen molar-refractivity contribution in [2.24, 2.45) is 5.92 Å². The lowest BCUT2D eigenvalue weighted by Gasteiger charge is -2.20. The van der Waals surface area contributed by atoms with E-state index in [1.54, 1.807) is 0 Å². The first-order valence-corrected chi connectivity index (χ1v) is 7.56. The summed E-state index contributed by atoms with van der Waals surface area (Å²) in [7, 11) is 2.07. The maximum atomic E-state index is 6.28. The number of nitrogens with one attached hydrogen (secondary N) is 1. The van der Waals surface area contributed by atoms with E-state index < -0.39 is 0 Å². The van der Waals surface area contributed by atoms with Crippen molar-refractivity contribution in [3.05, 3.63) is 33.8 Å². The lowest BCUT2D eigenvalue weighted by atomic mass is 9.91. The average molecular weight is 286 g/mol. The number of hydrogen-bond acceptors (Lipinski definition) is 1. The molecule has 0 aromatic heterocycles. The van der Waals surface area contributed by atoms with Crippen molar-refractivity contribution in [2.45, 2.75) is 44.6 Å². The van der Waals surface area contributed by atoms with Crippen molar-refractivity contribution in [1.82, 2.24) is 5.32 Å². The van der Waals surface area contributed by atoms with Crippen LogP contribution in [0, 0.1) is 5.92 Å². The van der Waals surface area contributed by atoms with Crippen molar-refractivity contribution < 1.29 is 0 Å². The SMILES string of the molecule is CNC1CCCCC(Cc2cccc(Cl)c2Cl)C1. The summed E-state index contributed by atoms with van der Waals surface area (Å²) < 4.78 is 0. The van der Waals surface area contributed by atoms with E-state index >= 15 is 0 Å². The van der Waals surface area contributed by atoms with Crippen LogP contribution in [-0.4, -0.2) is 13.1 Å². The minimum absolute atomic E-state index is 0.662. The third kappa shape index (κ3) is 3.63. The van der Waals surface area contributed by atoms with Crippen LogP contribution in [0.2, 0.25) is 10.0 Å². The molecule has 0 spiro atoms. The van der Waals surface area contributed by atoms with Gasteiger partial charge >= 0.3 is 0 Å². The molecule has 2 atom stereocenters. The normalized spacial score (nSPS) is 24.8. The van der Waals surface area contributed by atoms with E-state index in [1.807, 2.05) is 12.1 Å². The Morgan fingerprint density at radius 2 is 2.00 bits per heavy atom. The van der Waals surface area contributed by atoms with Gasteiger partial charge in [-0.25, -0.2) is 0 Å². The predicted octanol–water partition coefficient (Wildman–Crippen LogP) is 4.70. The predicted molar refractivity (Wildman–Crippen MR) is 79.6 cm³/mol. The smallest absolute Gasteiger partial charge is 0.0624 e. The molecule has 1 N–H and O–H groups in total. The van der Waals surface area contributed by atoms with Gasteiger partial charge in [0.1, 0.15) is 0 Å². The Bertz CT molecular complexity index is 392. The quantitative estimate of drug-likeness (QED) is 0.794. The summed E-state index contributed by atoms with van der Waals surface area (Å²) in [6, 6.07) is 6.62. The molecular formula is C15H21Cl2N. The summed E-state index contributed by atoms with van der Waals surface area (Å²) in [5.41, 5.74) is 1.20. The molecule has 1 aliphatic rings. The fraction of sp³-hybridized carbons (Fsp3) is 0.600. The molecule has 1 aromatic rings. The van der Waals surface area contributed by atoms with E-state index in [0.717, 1.165) is 17.4 Å². The fourth-order valence-corrected chi connectivity index (χ4v) is 3.32. The lowest BCUT2D eigenvalue weighted by molar-refractivity contribution is 0.400. The van der Waals surface area contributed by atoms with Gasteiger partial charge in [0.05, 0.1) is 10.0 Å². The molecule has 1 nitrogen and oxygen atoms in total. The van der Waals surface area contributed by atoms with Crippen LogP contribution in [0.1, 0.15) is 37.7 Å². The van der Waals surface area contributed by atoms with Crippen LogP contribution >= 0.6 is 23.2 Å². The molecule has 0 radical (unpaired) electrons. The van der Waals surface area contributed by atoms with Gasteiger partial charge < -0.3 is 5.32 Å². The Morgan fingerprint density at radius 1 is 1.22 bits per heavy atom. The molecule has 3 heteroatoms. The Morgan fingerprint density at radius 3 is 2.78 bits per heavy atom. The second-order valence-electron chi connectivity index (χ2n) is 5.29. The van der Waals surface area contributed by atoms with Crippen molar-refractivity contribution in [1.29, 1.82) is 0 Å². The van der Waals surface area contributed by atoms with Crippen LogP contribution in [0.15, 0.2) is 18.2 Å². The highest BCUT2D eigenvalue weighted by molar-refractivity contribution is 6.42. The Labute approximate surface area is 120 Å². The highest BCUT2D eigenvalue weighted by Crippen LogP contribution is 2.31. The second-order valence-corrected chi connectivity index (χ2v) is 6.07. The molecule has 2 rings (SSSR count). The van der Waals surface area contributed by atoms with Gasteiger partial charge in [-0.15, -0.1) is 0 Å². The zero-order valence-electron chi connectivity index (χ0n) is 10.9. The molecule has 1 aromatic carbocycles. The molecule has 0 saturated heterocycles. The standard InChI is InChI=1S/C15H21Cl2N/c1-18-13-7-3-2-5-11(10-13)9-12-6-4-8-14(16)15(12)17/h4,6,8,11,13,18H,2-3,5,7,9-10H2,1H3. The number of hydrogen-bond donors (Lipinski definition) is 1. The summed E-state index contributed by atoms with van der Waals surface area (Å²) in [6.07, 6.45) is 7.58. The molecule has 100 valence electrons. The number of benzene rings is 1. The highest BCUT2D eigenvalue weighted by atomic mass is 35.5. The van der Waals surface area contributed by atoms with Crippen LogP contribution in [0.3, 0.4) is 0 Å². The van der Waals surface area contributed by atoms with Gasteiger partial charge in [-0.05, 0) is 43.9 Å². The van der Waals surface area contributed by atoms with Gasteiger partial charge in [0.2, 0.25) is 0 Å². The van der Waals surface area contributed by atoms with Crippen molar-refractivity contribution in [3.8, 4) is 0 Å². The highest BCUT2D eigenvalue weighted by Gasteiger charge is 2.20. The van der Waals surface area contributed by atoms with Crippen LogP contribution in [0.25, 0.3) is 0 Å². The molecular weight excluding hydrogens is 265 g/mol. The molecule has 0 heterocycles. The second kappa shape index (κ2) is 6.79. The van der Waals surface area contributed by atoms with Gasteiger partial charge in [-0.2, -0.15) is 0 Å². The van der Waals surface area contributed by atoms with Gasteiger partial charge in [-0.3, -0.25) is 0 Å². The Hall–Kier alpha value is -0.240. The molecule has 0 bridgehead atoms. The Balaban J connectivity index is 2.05. The Kier molecular flexibility index (Phi) is 5.35. The molecule has 0 aliphatic heterocycles. The van der Waals surface area contributed by atoms with Crippen LogP contribution in [-0.2, 0) is 6.42 Å². The summed E-state index contributed by atoms with van der Waals surface area (Å²) in [6.45, 7) is 0. The van der Waals surface area contributed by atoms with E-state index in [9.17, 15) is 0 Å². The summed E-state index contributed by atoms with van der Waals surface area (Å²) in [5, 5.41) is 4.84. The topological polar surface area (TPSA) is 12.0 Å². The fourth-order valence-electron chi connectivity index (χ4n) is 2.93. The van der Waals surface area contributed by atoms with Crippen LogP contribution in [0.4, 0.5) is 0 Å². The maximum Gasteiger partial charge on any atom is 0.0624 e. The molecule has 1 saturated carbocycles. The maximum absolute atomic E-state index is 6.28. The third-order valence-electron chi connectivity index (χ3n) is 3.98. The minimum Gasteiger partial charge on any atom is -0.317 e. The van der Waals surface area contributed by atoms with Gasteiger partial charge in [0.15, 0.2) is 0 Å². The molecule has 0 amide bonds. The molecule has 2 unspecified atom stereocenters. The van der Waals surface area contributed by atoms with Crippen molar-refractivity contribution in [2.75, 3.05) is 7.05 Å². The van der Waals surface area contributed by atoms with Crippen molar-refractivity contribution in [3.63, 3.8) is 0 Å². The third-order valence-corrected chi connectivity index (χ3v) is 4.84. The first-order chi connectivity index (χ1) is 8.70. The summed E-state index contributed by atoms with van der Waals surface area (Å²) >= 11 is 12.4. The molecule has 18 heavy (non-hydrogen) atoms. The van der Waals surface area contributed by atoms with E-state index in [2.05, 4.69) is 18.4 Å². The van der Waals surface area contributed by atoms with Gasteiger partial charge in [-0.1, -0.05) is 54.6 Å². The minimum atomic E-state index is 0.662. The van der Waals surface area contributed by atoms with Crippen molar-refractivity contribution >= 4 is 23.2 Å². The van der Waals surface area contributed by atoms with Crippen LogP contribution < -0.4 is 5.32 Å². The number of halogens is 2. The van der Waals surface area contributed by atoms with E-state index in [0.29, 0.717) is 11.1 Å². The average Bonchev–Trinajstić information content (AvgIpc) is 2.60. The van der Waals surface area contributed by atoms with E-state index in [1.165, 1.54) is 37.7 Å². The largest absolute Gasteiger partial charge is 0.317 e. The lowest BCUT2D eigenvalue weighted by Crippen LogP contribution is -2.26. The zero-order valence-corrected chi connectivity index (χ0v) is 12.4. The van der Waals surface area contributed by atoms with E-state index in [-0.39, 0.29) is 0 Å².